The van der Waals surface area contributed by atoms with Crippen molar-refractivity contribution < 1.29 is 14.4 Å². The maximum absolute atomic E-state index is 12.2. The first kappa shape index (κ1) is 16.1. The van der Waals surface area contributed by atoms with Gasteiger partial charge in [-0.3, -0.25) is 14.6 Å². The molecule has 1 aliphatic heterocycles. The lowest BCUT2D eigenvalue weighted by molar-refractivity contribution is -0.125. The van der Waals surface area contributed by atoms with Crippen molar-refractivity contribution in [3.05, 3.63) is 24.3 Å². The topological polar surface area (TPSA) is 92.3 Å². The lowest BCUT2D eigenvalue weighted by atomic mass is 10.0. The van der Waals surface area contributed by atoms with Crippen molar-refractivity contribution in [1.82, 2.24) is 20.2 Å². The number of ketones is 1. The first-order valence-electron chi connectivity index (χ1n) is 7.40. The highest BCUT2D eigenvalue weighted by atomic mass is 16.2. The fourth-order valence-electron chi connectivity index (χ4n) is 2.39. The second kappa shape index (κ2) is 7.63. The third-order valence-corrected chi connectivity index (χ3v) is 3.63. The van der Waals surface area contributed by atoms with Crippen LogP contribution in [0.5, 0.6) is 0 Å². The number of carbonyl (C=O) groups excluding carboxylic acids is 3. The van der Waals surface area contributed by atoms with Crippen molar-refractivity contribution in [2.45, 2.75) is 38.6 Å². The Balaban J connectivity index is 1.77. The number of carbonyl (C=O) groups is 3. The summed E-state index contributed by atoms with van der Waals surface area (Å²) in [6, 6.07) is 0.0605. The van der Waals surface area contributed by atoms with Crippen LogP contribution in [0.2, 0.25) is 0 Å². The van der Waals surface area contributed by atoms with Crippen LogP contribution in [-0.2, 0) is 9.59 Å². The van der Waals surface area contributed by atoms with Crippen LogP contribution in [0.4, 0.5) is 0 Å². The number of Topliss-reactive ketones (excluding diaryl/α,β-unsaturated/α-hetero) is 1. The Morgan fingerprint density at radius 2 is 1.95 bits per heavy atom. The summed E-state index contributed by atoms with van der Waals surface area (Å²) in [5.74, 6) is -0.220. The average Bonchev–Trinajstić information content (AvgIpc) is 2.54. The predicted molar refractivity (Wildman–Crippen MR) is 79.0 cm³/mol. The van der Waals surface area contributed by atoms with Gasteiger partial charge in [-0.05, 0) is 19.8 Å². The average molecular weight is 304 g/mol. The third kappa shape index (κ3) is 4.61. The molecule has 1 saturated heterocycles. The molecule has 0 atom stereocenters. The SMILES string of the molecule is CC(=O)CCC(=O)NC1CCN(C(=O)c2cnccn2)CC1. The summed E-state index contributed by atoms with van der Waals surface area (Å²) >= 11 is 0. The van der Waals surface area contributed by atoms with Gasteiger partial charge in [0, 0.05) is 44.4 Å². The van der Waals surface area contributed by atoms with Crippen molar-refractivity contribution in [2.75, 3.05) is 13.1 Å². The third-order valence-electron chi connectivity index (χ3n) is 3.63. The van der Waals surface area contributed by atoms with Crippen LogP contribution in [0.15, 0.2) is 18.6 Å². The summed E-state index contributed by atoms with van der Waals surface area (Å²) in [5, 5.41) is 2.92. The summed E-state index contributed by atoms with van der Waals surface area (Å²) in [5.41, 5.74) is 0.339. The number of hydrogen-bond donors (Lipinski definition) is 1. The normalized spacial score (nSPS) is 15.4. The van der Waals surface area contributed by atoms with Crippen LogP contribution in [0.25, 0.3) is 0 Å². The molecular formula is C15H20N4O3. The molecular weight excluding hydrogens is 284 g/mol. The fraction of sp³-hybridized carbons (Fsp3) is 0.533. The first-order chi connectivity index (χ1) is 10.6. The van der Waals surface area contributed by atoms with Crippen molar-refractivity contribution in [3.63, 3.8) is 0 Å². The Bertz CT molecular complexity index is 539. The van der Waals surface area contributed by atoms with Gasteiger partial charge in [-0.25, -0.2) is 4.98 Å². The Hall–Kier alpha value is -2.31. The number of nitrogens with zero attached hydrogens (tertiary/aromatic N) is 3. The number of amides is 2. The molecule has 0 bridgehead atoms. The zero-order chi connectivity index (χ0) is 15.9. The molecule has 118 valence electrons. The van der Waals surface area contributed by atoms with E-state index in [0.29, 0.717) is 31.6 Å². The van der Waals surface area contributed by atoms with E-state index in [-0.39, 0.29) is 36.5 Å². The second-order valence-corrected chi connectivity index (χ2v) is 5.43. The quantitative estimate of drug-likeness (QED) is 0.858. The standard InChI is InChI=1S/C15H20N4O3/c1-11(20)2-3-14(21)18-12-4-8-19(9-5-12)15(22)13-10-16-6-7-17-13/h6-7,10,12H,2-5,8-9H2,1H3,(H,18,21). The molecule has 0 aromatic carbocycles. The molecule has 7 heteroatoms. The number of rotatable bonds is 5. The number of hydrogen-bond acceptors (Lipinski definition) is 5. The van der Waals surface area contributed by atoms with Crippen molar-refractivity contribution in [2.24, 2.45) is 0 Å². The molecule has 1 aromatic rings. The zero-order valence-electron chi connectivity index (χ0n) is 12.6. The Morgan fingerprint density at radius 3 is 2.55 bits per heavy atom. The monoisotopic (exact) mass is 304 g/mol. The molecule has 1 N–H and O–H groups in total. The van der Waals surface area contributed by atoms with E-state index in [1.54, 1.807) is 4.90 Å². The summed E-state index contributed by atoms with van der Waals surface area (Å²) in [6.07, 6.45) is 6.40. The summed E-state index contributed by atoms with van der Waals surface area (Å²) in [7, 11) is 0. The number of aromatic nitrogens is 2. The molecule has 0 spiro atoms. The molecule has 7 nitrogen and oxygen atoms in total. The summed E-state index contributed by atoms with van der Waals surface area (Å²) in [6.45, 7) is 2.63. The fourth-order valence-corrected chi connectivity index (χ4v) is 2.39. The molecule has 1 aliphatic rings. The molecule has 2 rings (SSSR count). The Kier molecular flexibility index (Phi) is 5.57. The summed E-state index contributed by atoms with van der Waals surface area (Å²) in [4.78, 5) is 44.4. The molecule has 1 aromatic heterocycles. The van der Waals surface area contributed by atoms with Crippen molar-refractivity contribution in [3.8, 4) is 0 Å². The van der Waals surface area contributed by atoms with Gasteiger partial charge in [0.1, 0.15) is 11.5 Å². The van der Waals surface area contributed by atoms with Crippen LogP contribution in [-0.4, -0.2) is 51.6 Å². The minimum atomic E-state index is -0.130. The van der Waals surface area contributed by atoms with Crippen LogP contribution in [0, 0.1) is 0 Å². The van der Waals surface area contributed by atoms with Crippen LogP contribution >= 0.6 is 0 Å². The number of piperidine rings is 1. The maximum Gasteiger partial charge on any atom is 0.274 e. The summed E-state index contributed by atoms with van der Waals surface area (Å²) < 4.78 is 0. The second-order valence-electron chi connectivity index (χ2n) is 5.43. The van der Waals surface area contributed by atoms with Crippen molar-refractivity contribution in [1.29, 1.82) is 0 Å². The molecule has 0 radical (unpaired) electrons. The van der Waals surface area contributed by atoms with Gasteiger partial charge in [-0.15, -0.1) is 0 Å². The van der Waals surface area contributed by atoms with Gasteiger partial charge < -0.3 is 15.0 Å². The maximum atomic E-state index is 12.2. The van der Waals surface area contributed by atoms with Crippen LogP contribution < -0.4 is 5.32 Å². The Labute approximate surface area is 129 Å². The molecule has 0 aliphatic carbocycles. The minimum absolute atomic E-state index is 0.0135. The van der Waals surface area contributed by atoms with E-state index in [9.17, 15) is 14.4 Å². The van der Waals surface area contributed by atoms with E-state index in [1.165, 1.54) is 25.5 Å². The number of nitrogens with one attached hydrogen (secondary N) is 1. The number of likely N-dealkylation sites (tertiary alicyclic amines) is 1. The van der Waals surface area contributed by atoms with Crippen molar-refractivity contribution >= 4 is 17.6 Å². The molecule has 1 fully saturated rings. The lowest BCUT2D eigenvalue weighted by Crippen LogP contribution is -2.46. The zero-order valence-corrected chi connectivity index (χ0v) is 12.6. The highest BCUT2D eigenvalue weighted by molar-refractivity contribution is 5.92. The minimum Gasteiger partial charge on any atom is -0.353 e. The van der Waals surface area contributed by atoms with Gasteiger partial charge >= 0.3 is 0 Å². The van der Waals surface area contributed by atoms with E-state index in [1.807, 2.05) is 0 Å². The van der Waals surface area contributed by atoms with E-state index in [4.69, 9.17) is 0 Å². The van der Waals surface area contributed by atoms with Gasteiger partial charge in [0.05, 0.1) is 6.20 Å². The molecule has 0 unspecified atom stereocenters. The predicted octanol–water partition coefficient (Wildman–Crippen LogP) is 0.567. The van der Waals surface area contributed by atoms with E-state index >= 15 is 0 Å². The van der Waals surface area contributed by atoms with E-state index in [2.05, 4.69) is 15.3 Å². The van der Waals surface area contributed by atoms with Crippen LogP contribution in [0.3, 0.4) is 0 Å². The molecule has 2 heterocycles. The highest BCUT2D eigenvalue weighted by Gasteiger charge is 2.25. The molecule has 0 saturated carbocycles. The van der Waals surface area contributed by atoms with Gasteiger partial charge in [0.2, 0.25) is 5.91 Å². The first-order valence-corrected chi connectivity index (χ1v) is 7.40. The van der Waals surface area contributed by atoms with E-state index < -0.39 is 0 Å². The largest absolute Gasteiger partial charge is 0.353 e. The molecule has 22 heavy (non-hydrogen) atoms. The lowest BCUT2D eigenvalue weighted by Gasteiger charge is -2.32. The Morgan fingerprint density at radius 1 is 1.23 bits per heavy atom. The smallest absolute Gasteiger partial charge is 0.274 e. The van der Waals surface area contributed by atoms with Gasteiger partial charge in [0.25, 0.3) is 5.91 Å². The highest BCUT2D eigenvalue weighted by Crippen LogP contribution is 2.13. The van der Waals surface area contributed by atoms with Gasteiger partial charge in [0.15, 0.2) is 0 Å². The van der Waals surface area contributed by atoms with Gasteiger partial charge in [-0.1, -0.05) is 0 Å². The van der Waals surface area contributed by atoms with Gasteiger partial charge in [-0.2, -0.15) is 0 Å². The van der Waals surface area contributed by atoms with Crippen LogP contribution in [0.1, 0.15) is 43.1 Å². The van der Waals surface area contributed by atoms with E-state index in [0.717, 1.165) is 0 Å². The molecule has 2 amide bonds.